The van der Waals surface area contributed by atoms with Gasteiger partial charge in [0.1, 0.15) is 0 Å². The Kier molecular flexibility index (Phi) is 3.94. The highest BCUT2D eigenvalue weighted by Crippen LogP contribution is 2.46. The number of hydrogen-bond acceptors (Lipinski definition) is 1. The number of rotatable bonds is 2. The molecule has 0 saturated carbocycles. The van der Waals surface area contributed by atoms with Crippen molar-refractivity contribution in [2.75, 3.05) is 13.1 Å². The van der Waals surface area contributed by atoms with Crippen LogP contribution in [0.5, 0.6) is 0 Å². The molecule has 0 aliphatic carbocycles. The first kappa shape index (κ1) is 13.1. The molecule has 0 amide bonds. The SMILES string of the molecule is CC(C)C1(C)CCNCC1c1cccc(Br)c1. The number of piperidine rings is 1. The molecule has 0 spiro atoms. The zero-order valence-corrected chi connectivity index (χ0v) is 12.5. The summed E-state index contributed by atoms with van der Waals surface area (Å²) < 4.78 is 1.19. The van der Waals surface area contributed by atoms with Crippen LogP contribution in [0.2, 0.25) is 0 Å². The Balaban J connectivity index is 2.34. The van der Waals surface area contributed by atoms with Crippen LogP contribution in [-0.4, -0.2) is 13.1 Å². The van der Waals surface area contributed by atoms with Crippen LogP contribution in [0.25, 0.3) is 0 Å². The Hall–Kier alpha value is -0.340. The molecule has 0 aromatic heterocycles. The van der Waals surface area contributed by atoms with Gasteiger partial charge in [0.05, 0.1) is 0 Å². The van der Waals surface area contributed by atoms with Gasteiger partial charge in [-0.1, -0.05) is 48.8 Å². The van der Waals surface area contributed by atoms with E-state index in [2.05, 4.69) is 66.3 Å². The highest BCUT2D eigenvalue weighted by molar-refractivity contribution is 9.10. The van der Waals surface area contributed by atoms with Gasteiger partial charge in [0, 0.05) is 16.9 Å². The summed E-state index contributed by atoms with van der Waals surface area (Å²) in [6.07, 6.45) is 1.27. The molecule has 2 heteroatoms. The van der Waals surface area contributed by atoms with Crippen molar-refractivity contribution in [1.29, 1.82) is 0 Å². The van der Waals surface area contributed by atoms with Crippen molar-refractivity contribution in [3.05, 3.63) is 34.3 Å². The maximum Gasteiger partial charge on any atom is 0.0178 e. The maximum absolute atomic E-state index is 3.58. The predicted molar refractivity (Wildman–Crippen MR) is 77.3 cm³/mol. The van der Waals surface area contributed by atoms with Crippen LogP contribution in [0.4, 0.5) is 0 Å². The second-order valence-electron chi connectivity index (χ2n) is 5.72. The maximum atomic E-state index is 3.58. The summed E-state index contributed by atoms with van der Waals surface area (Å²) in [5.74, 6) is 1.34. The van der Waals surface area contributed by atoms with E-state index >= 15 is 0 Å². The summed E-state index contributed by atoms with van der Waals surface area (Å²) in [6.45, 7) is 9.42. The molecule has 1 aliphatic rings. The Morgan fingerprint density at radius 1 is 1.41 bits per heavy atom. The third-order valence-electron chi connectivity index (χ3n) is 4.55. The lowest BCUT2D eigenvalue weighted by molar-refractivity contribution is 0.120. The summed E-state index contributed by atoms with van der Waals surface area (Å²) in [5, 5.41) is 3.55. The van der Waals surface area contributed by atoms with Gasteiger partial charge in [-0.15, -0.1) is 0 Å². The number of halogens is 1. The van der Waals surface area contributed by atoms with E-state index in [1.54, 1.807) is 0 Å². The van der Waals surface area contributed by atoms with E-state index in [-0.39, 0.29) is 0 Å². The van der Waals surface area contributed by atoms with Crippen molar-refractivity contribution in [1.82, 2.24) is 5.32 Å². The molecule has 1 N–H and O–H groups in total. The highest BCUT2D eigenvalue weighted by atomic mass is 79.9. The van der Waals surface area contributed by atoms with Gasteiger partial charge < -0.3 is 5.32 Å². The zero-order chi connectivity index (χ0) is 12.5. The zero-order valence-electron chi connectivity index (χ0n) is 11.0. The molecule has 2 unspecified atom stereocenters. The summed E-state index contributed by atoms with van der Waals surface area (Å²) in [6, 6.07) is 8.79. The molecule has 2 rings (SSSR count). The van der Waals surface area contributed by atoms with E-state index in [4.69, 9.17) is 0 Å². The molecule has 2 atom stereocenters. The van der Waals surface area contributed by atoms with Gasteiger partial charge in [0.2, 0.25) is 0 Å². The number of nitrogens with one attached hydrogen (secondary N) is 1. The van der Waals surface area contributed by atoms with Crippen LogP contribution in [0.1, 0.15) is 38.7 Å². The average molecular weight is 296 g/mol. The smallest absolute Gasteiger partial charge is 0.0178 e. The molecule has 1 saturated heterocycles. The molecule has 0 radical (unpaired) electrons. The summed E-state index contributed by atoms with van der Waals surface area (Å²) in [5.41, 5.74) is 1.87. The molecule has 1 aromatic carbocycles. The molecule has 1 aromatic rings. The first-order valence-corrected chi connectivity index (χ1v) is 7.29. The first-order chi connectivity index (χ1) is 8.04. The lowest BCUT2D eigenvalue weighted by atomic mass is 9.63. The molecule has 17 heavy (non-hydrogen) atoms. The van der Waals surface area contributed by atoms with E-state index in [1.165, 1.54) is 16.5 Å². The van der Waals surface area contributed by atoms with Crippen molar-refractivity contribution in [2.24, 2.45) is 11.3 Å². The minimum atomic E-state index is 0.409. The third-order valence-corrected chi connectivity index (χ3v) is 5.05. The normalized spacial score (nSPS) is 29.6. The summed E-state index contributed by atoms with van der Waals surface area (Å²) >= 11 is 3.58. The minimum absolute atomic E-state index is 0.409. The minimum Gasteiger partial charge on any atom is -0.316 e. The first-order valence-electron chi connectivity index (χ1n) is 6.50. The average Bonchev–Trinajstić information content (AvgIpc) is 2.29. The molecule has 1 heterocycles. The predicted octanol–water partition coefficient (Wildman–Crippen LogP) is 4.19. The molecule has 1 aliphatic heterocycles. The summed E-state index contributed by atoms with van der Waals surface area (Å²) in [4.78, 5) is 0. The van der Waals surface area contributed by atoms with E-state index in [1.807, 2.05) is 0 Å². The fraction of sp³-hybridized carbons (Fsp3) is 0.600. The molecule has 1 fully saturated rings. The van der Waals surface area contributed by atoms with Crippen molar-refractivity contribution in [3.63, 3.8) is 0 Å². The number of hydrogen-bond donors (Lipinski definition) is 1. The van der Waals surface area contributed by atoms with Crippen molar-refractivity contribution in [2.45, 2.75) is 33.1 Å². The monoisotopic (exact) mass is 295 g/mol. The molecular weight excluding hydrogens is 274 g/mol. The van der Waals surface area contributed by atoms with E-state index in [9.17, 15) is 0 Å². The van der Waals surface area contributed by atoms with Crippen molar-refractivity contribution < 1.29 is 0 Å². The van der Waals surface area contributed by atoms with Crippen LogP contribution < -0.4 is 5.32 Å². The van der Waals surface area contributed by atoms with Crippen molar-refractivity contribution in [3.8, 4) is 0 Å². The Morgan fingerprint density at radius 3 is 2.82 bits per heavy atom. The van der Waals surface area contributed by atoms with Gasteiger partial charge in [-0.05, 0) is 42.0 Å². The van der Waals surface area contributed by atoms with E-state index in [0.717, 1.165) is 13.1 Å². The van der Waals surface area contributed by atoms with Crippen LogP contribution in [0.15, 0.2) is 28.7 Å². The van der Waals surface area contributed by atoms with Gasteiger partial charge >= 0.3 is 0 Å². The quantitative estimate of drug-likeness (QED) is 0.863. The van der Waals surface area contributed by atoms with Crippen LogP contribution in [0.3, 0.4) is 0 Å². The Labute approximate surface area is 113 Å². The summed E-state index contributed by atoms with van der Waals surface area (Å²) in [7, 11) is 0. The van der Waals surface area contributed by atoms with Crippen LogP contribution >= 0.6 is 15.9 Å². The van der Waals surface area contributed by atoms with Gasteiger partial charge in [-0.2, -0.15) is 0 Å². The van der Waals surface area contributed by atoms with E-state index in [0.29, 0.717) is 17.3 Å². The van der Waals surface area contributed by atoms with Crippen LogP contribution in [-0.2, 0) is 0 Å². The third kappa shape index (κ3) is 2.58. The fourth-order valence-corrected chi connectivity index (χ4v) is 3.34. The molecule has 1 nitrogen and oxygen atoms in total. The molecule has 94 valence electrons. The second-order valence-corrected chi connectivity index (χ2v) is 6.64. The fourth-order valence-electron chi connectivity index (χ4n) is 2.92. The van der Waals surface area contributed by atoms with Gasteiger partial charge in [-0.3, -0.25) is 0 Å². The lowest BCUT2D eigenvalue weighted by Crippen LogP contribution is -2.44. The second kappa shape index (κ2) is 5.11. The lowest BCUT2D eigenvalue weighted by Gasteiger charge is -2.45. The highest BCUT2D eigenvalue weighted by Gasteiger charge is 2.39. The van der Waals surface area contributed by atoms with Crippen molar-refractivity contribution >= 4 is 15.9 Å². The number of benzene rings is 1. The largest absolute Gasteiger partial charge is 0.316 e. The van der Waals surface area contributed by atoms with Gasteiger partial charge in [0.25, 0.3) is 0 Å². The van der Waals surface area contributed by atoms with Gasteiger partial charge in [0.15, 0.2) is 0 Å². The molecular formula is C15H22BrN. The topological polar surface area (TPSA) is 12.0 Å². The van der Waals surface area contributed by atoms with Crippen LogP contribution in [0, 0.1) is 11.3 Å². The molecule has 0 bridgehead atoms. The standard InChI is InChI=1S/C15H22BrN/c1-11(2)15(3)7-8-17-10-14(15)12-5-4-6-13(16)9-12/h4-6,9,11,14,17H,7-8,10H2,1-3H3. The van der Waals surface area contributed by atoms with Gasteiger partial charge in [-0.25, -0.2) is 0 Å². The van der Waals surface area contributed by atoms with E-state index < -0.39 is 0 Å². The Bertz CT molecular complexity index is 388. The Morgan fingerprint density at radius 2 is 2.18 bits per heavy atom.